The number of aliphatic carboxylic acids is 4. The maximum atomic E-state index is 13.7. The molecule has 0 unspecified atom stereocenters. The van der Waals surface area contributed by atoms with Gasteiger partial charge in [-0.1, -0.05) is 44.2 Å². The number of hydrogen-bond donors (Lipinski definition) is 15. The minimum Gasteiger partial charge on any atom is -0.481 e. The molecule has 0 saturated carbocycles. The SMILES string of the molecule is CC(C)[C@H](NC(=O)[C@H](Cc1ccccc1)NC(=O)[C@@H](N)CCC(=O)O)C(=O)N[C@@H](CO)C(=O)N[C@@H](CCC(=O)O)C(=O)N[C@H](C(=O)N[C@@H](CCC(=O)O)C(=O)N[C@@H](CO)C(=O)O)[C@@H](C)O. The maximum absolute atomic E-state index is 13.7. The Morgan fingerprint density at radius 3 is 1.34 bits per heavy atom. The molecule has 7 amide bonds. The van der Waals surface area contributed by atoms with Gasteiger partial charge in [-0.05, 0) is 37.7 Å². The van der Waals surface area contributed by atoms with Crippen LogP contribution in [0.15, 0.2) is 30.3 Å². The molecule has 0 aromatic heterocycles. The number of nitrogens with two attached hydrogens (primary N) is 1. The smallest absolute Gasteiger partial charge is 0.328 e. The van der Waals surface area contributed by atoms with Crippen molar-refractivity contribution in [1.82, 2.24) is 37.2 Å². The molecule has 0 radical (unpaired) electrons. The summed E-state index contributed by atoms with van der Waals surface area (Å²) < 4.78 is 0. The predicted octanol–water partition coefficient (Wildman–Crippen LogP) is -5.35. The summed E-state index contributed by atoms with van der Waals surface area (Å²) in [7, 11) is 0. The van der Waals surface area contributed by atoms with Crippen molar-refractivity contribution in [3.05, 3.63) is 35.9 Å². The zero-order valence-electron chi connectivity index (χ0n) is 35.7. The maximum Gasteiger partial charge on any atom is 0.328 e. The van der Waals surface area contributed by atoms with Crippen molar-refractivity contribution >= 4 is 65.2 Å². The van der Waals surface area contributed by atoms with Crippen LogP contribution in [0, 0.1) is 5.92 Å². The molecule has 362 valence electrons. The quantitative estimate of drug-likeness (QED) is 0.0342. The lowest BCUT2D eigenvalue weighted by molar-refractivity contribution is -0.144. The van der Waals surface area contributed by atoms with E-state index in [1.54, 1.807) is 30.3 Å². The minimum atomic E-state index is -1.99. The van der Waals surface area contributed by atoms with E-state index in [0.717, 1.165) is 6.92 Å². The average molecular weight is 927 g/mol. The van der Waals surface area contributed by atoms with Gasteiger partial charge in [0, 0.05) is 25.7 Å². The van der Waals surface area contributed by atoms with E-state index >= 15 is 0 Å². The van der Waals surface area contributed by atoms with Crippen molar-refractivity contribution in [3.63, 3.8) is 0 Å². The van der Waals surface area contributed by atoms with Crippen molar-refractivity contribution in [1.29, 1.82) is 0 Å². The van der Waals surface area contributed by atoms with Crippen LogP contribution < -0.4 is 43.0 Å². The van der Waals surface area contributed by atoms with Gasteiger partial charge in [-0.2, -0.15) is 0 Å². The van der Waals surface area contributed by atoms with Gasteiger partial charge >= 0.3 is 23.9 Å². The molecule has 0 fully saturated rings. The second kappa shape index (κ2) is 28.1. The number of amides is 7. The number of aliphatic hydroxyl groups is 3. The van der Waals surface area contributed by atoms with Crippen LogP contribution in [0.2, 0.25) is 0 Å². The first-order chi connectivity index (χ1) is 30.4. The molecule has 26 heteroatoms. The van der Waals surface area contributed by atoms with Crippen molar-refractivity contribution in [2.45, 2.75) is 120 Å². The minimum absolute atomic E-state index is 0.103. The molecular weight excluding hydrogens is 868 g/mol. The predicted molar refractivity (Wildman–Crippen MR) is 221 cm³/mol. The summed E-state index contributed by atoms with van der Waals surface area (Å²) >= 11 is 0. The number of benzene rings is 1. The normalized spacial score (nSPS) is 15.1. The van der Waals surface area contributed by atoms with Gasteiger partial charge in [-0.3, -0.25) is 47.9 Å². The first-order valence-electron chi connectivity index (χ1n) is 20.1. The third-order valence-electron chi connectivity index (χ3n) is 9.40. The topological polar surface area (TPSA) is 440 Å². The van der Waals surface area contributed by atoms with Crippen LogP contribution >= 0.6 is 0 Å². The first kappa shape index (κ1) is 56.2. The number of nitrogens with one attached hydrogen (secondary N) is 7. The number of carbonyl (C=O) groups excluding carboxylic acids is 7. The number of hydrogen-bond acceptors (Lipinski definition) is 15. The van der Waals surface area contributed by atoms with Gasteiger partial charge < -0.3 is 78.7 Å². The molecule has 0 saturated heterocycles. The summed E-state index contributed by atoms with van der Waals surface area (Å²) in [5, 5.41) is 81.8. The van der Waals surface area contributed by atoms with E-state index in [4.69, 9.17) is 21.1 Å². The van der Waals surface area contributed by atoms with E-state index < -0.39 is 171 Å². The van der Waals surface area contributed by atoms with Crippen molar-refractivity contribution in [2.24, 2.45) is 11.7 Å². The number of aliphatic hydroxyl groups excluding tert-OH is 3. The van der Waals surface area contributed by atoms with Gasteiger partial charge in [0.25, 0.3) is 0 Å². The number of rotatable bonds is 30. The molecule has 0 bridgehead atoms. The molecule has 26 nitrogen and oxygen atoms in total. The van der Waals surface area contributed by atoms with E-state index in [1.807, 2.05) is 5.32 Å². The molecule has 0 spiro atoms. The lowest BCUT2D eigenvalue weighted by atomic mass is 10.00. The van der Waals surface area contributed by atoms with Crippen molar-refractivity contribution in [2.75, 3.05) is 13.2 Å². The summed E-state index contributed by atoms with van der Waals surface area (Å²) in [4.78, 5) is 138. The molecule has 16 N–H and O–H groups in total. The molecule has 9 atom stereocenters. The third-order valence-corrected chi connectivity index (χ3v) is 9.40. The molecule has 1 rings (SSSR count). The summed E-state index contributed by atoms with van der Waals surface area (Å²) in [6.45, 7) is 1.81. The summed E-state index contributed by atoms with van der Waals surface area (Å²) in [5.41, 5.74) is 6.42. The molecule has 1 aromatic carbocycles. The van der Waals surface area contributed by atoms with E-state index in [0.29, 0.717) is 5.56 Å². The zero-order chi connectivity index (χ0) is 49.6. The fourth-order valence-corrected chi connectivity index (χ4v) is 5.72. The standard InChI is InChI=1S/C39H58N8O18/c1-18(2)30(46-35(60)24(15-20-7-5-4-6-8-20)43-32(57)21(40)9-12-27(51)52)37(62)44-25(16-48)36(61)41-23(11-14-29(55)56)34(59)47-31(19(3)50)38(63)42-22(10-13-28(53)54)33(58)45-26(17-49)39(64)65/h4-8,18-19,21-26,30-31,48-50H,9-17,40H2,1-3H3,(H,41,61)(H,42,63)(H,43,57)(H,44,62)(H,45,58)(H,46,60)(H,47,59)(H,51,52)(H,53,54)(H,55,56)(H,64,65)/t19-,21+,22+,23+,24+,25+,26+,30+,31+/m1/s1. The fraction of sp³-hybridized carbons (Fsp3) is 0.564. The Balaban J connectivity index is 3.30. The third kappa shape index (κ3) is 20.5. The highest BCUT2D eigenvalue weighted by Gasteiger charge is 2.36. The Morgan fingerprint density at radius 2 is 0.877 bits per heavy atom. The van der Waals surface area contributed by atoms with Gasteiger partial charge in [0.15, 0.2) is 0 Å². The van der Waals surface area contributed by atoms with Crippen molar-refractivity contribution < 1.29 is 88.5 Å². The number of carboxylic acids is 4. The van der Waals surface area contributed by atoms with E-state index in [1.165, 1.54) is 13.8 Å². The molecule has 0 heterocycles. The first-order valence-corrected chi connectivity index (χ1v) is 20.1. The van der Waals surface area contributed by atoms with Crippen LogP contribution in [-0.2, 0) is 59.2 Å². The Morgan fingerprint density at radius 1 is 0.492 bits per heavy atom. The second-order valence-corrected chi connectivity index (χ2v) is 15.1. The highest BCUT2D eigenvalue weighted by molar-refractivity contribution is 5.98. The molecular formula is C39H58N8O18. The van der Waals surface area contributed by atoms with Crippen molar-refractivity contribution in [3.8, 4) is 0 Å². The van der Waals surface area contributed by atoms with Crippen LogP contribution in [-0.4, -0.2) is 169 Å². The largest absolute Gasteiger partial charge is 0.481 e. The van der Waals surface area contributed by atoms with Gasteiger partial charge in [-0.25, -0.2) is 4.79 Å². The van der Waals surface area contributed by atoms with Crippen LogP contribution in [0.25, 0.3) is 0 Å². The summed E-state index contributed by atoms with van der Waals surface area (Å²) in [6, 6.07) is -5.12. The van der Waals surface area contributed by atoms with Crippen LogP contribution in [0.1, 0.15) is 64.9 Å². The van der Waals surface area contributed by atoms with Crippen LogP contribution in [0.5, 0.6) is 0 Å². The highest BCUT2D eigenvalue weighted by Crippen LogP contribution is 2.10. The Labute approximate surface area is 371 Å². The lowest BCUT2D eigenvalue weighted by Gasteiger charge is -2.29. The Bertz CT molecular complexity index is 1850. The fourth-order valence-electron chi connectivity index (χ4n) is 5.72. The van der Waals surface area contributed by atoms with E-state index in [2.05, 4.69) is 31.9 Å². The summed E-state index contributed by atoms with van der Waals surface area (Å²) in [6.07, 6.45) is -5.40. The Hall–Kier alpha value is -6.77. The molecule has 0 aliphatic carbocycles. The lowest BCUT2D eigenvalue weighted by Crippen LogP contribution is -2.62. The van der Waals surface area contributed by atoms with Gasteiger partial charge in [0.1, 0.15) is 42.3 Å². The molecule has 65 heavy (non-hydrogen) atoms. The van der Waals surface area contributed by atoms with Crippen LogP contribution in [0.4, 0.5) is 0 Å². The highest BCUT2D eigenvalue weighted by atomic mass is 16.4. The van der Waals surface area contributed by atoms with E-state index in [-0.39, 0.29) is 12.8 Å². The van der Waals surface area contributed by atoms with Gasteiger partial charge in [-0.15, -0.1) is 0 Å². The molecule has 1 aromatic rings. The van der Waals surface area contributed by atoms with Crippen LogP contribution in [0.3, 0.4) is 0 Å². The average Bonchev–Trinajstić information content (AvgIpc) is 3.23. The monoisotopic (exact) mass is 926 g/mol. The summed E-state index contributed by atoms with van der Waals surface area (Å²) in [5.74, 6) is -14.4. The van der Waals surface area contributed by atoms with Gasteiger partial charge in [0.05, 0.1) is 25.4 Å². The second-order valence-electron chi connectivity index (χ2n) is 15.1. The number of carbonyl (C=O) groups is 11. The Kier molecular flexibility index (Phi) is 24.3. The van der Waals surface area contributed by atoms with E-state index in [9.17, 15) is 73.2 Å². The molecule has 0 aliphatic heterocycles. The molecule has 0 aliphatic rings. The number of carboxylic acid groups (broad SMARTS) is 4. The zero-order valence-corrected chi connectivity index (χ0v) is 35.7. The van der Waals surface area contributed by atoms with Gasteiger partial charge in [0.2, 0.25) is 41.4 Å².